The van der Waals surface area contributed by atoms with Crippen LogP contribution in [0, 0.1) is 0 Å². The van der Waals surface area contributed by atoms with Gasteiger partial charge in [-0.25, -0.2) is 0 Å². The van der Waals surface area contributed by atoms with E-state index < -0.39 is 333 Å². The van der Waals surface area contributed by atoms with E-state index in [1.807, 2.05) is 0 Å². The van der Waals surface area contributed by atoms with Crippen LogP contribution in [0.15, 0.2) is 211 Å². The summed E-state index contributed by atoms with van der Waals surface area (Å²) in [6, 6.07) is -36.0. The van der Waals surface area contributed by atoms with Gasteiger partial charge in [0.05, 0.1) is 109 Å². The van der Waals surface area contributed by atoms with Gasteiger partial charge in [-0.3, -0.25) is 9.13 Å². The molecule has 0 bridgehead atoms. The number of hydrogen-bond donors (Lipinski definition) is 0. The Labute approximate surface area is 415 Å². The van der Waals surface area contributed by atoms with E-state index in [0.29, 0.717) is 18.3 Å². The number of fused-ring (bicyclic) bond motifs is 12. The third kappa shape index (κ3) is 4.83. The van der Waals surface area contributed by atoms with Gasteiger partial charge in [0, 0.05) is 43.1 Å². The average Bonchev–Trinajstić information content (AvgIpc) is 1.55. The quantitative estimate of drug-likeness (QED) is 0.173. The van der Waals surface area contributed by atoms with Crippen molar-refractivity contribution in [3.63, 3.8) is 0 Å². The number of benzene rings is 9. The molecule has 0 saturated heterocycles. The first-order chi connectivity index (χ1) is 46.3. The number of rotatable bonds is 5. The molecule has 0 N–H and O–H groups in total. The largest absolute Gasteiger partial charge is 0.308 e. The minimum Gasteiger partial charge on any atom is -0.308 e. The summed E-state index contributed by atoms with van der Waals surface area (Å²) in [6.07, 6.45) is 0. The summed E-state index contributed by atoms with van der Waals surface area (Å²) in [5.74, 6) is -3.50. The van der Waals surface area contributed by atoms with Gasteiger partial charge in [0.25, 0.3) is 0 Å². The van der Waals surface area contributed by atoms with E-state index in [0.717, 1.165) is 0 Å². The molecule has 5 heterocycles. The molecule has 0 saturated carbocycles. The zero-order valence-corrected chi connectivity index (χ0v) is 31.6. The van der Waals surface area contributed by atoms with Gasteiger partial charge in [-0.15, -0.1) is 0 Å². The summed E-state index contributed by atoms with van der Waals surface area (Å²) in [6.45, 7) is 0. The molecule has 14 aromatic rings. The van der Waals surface area contributed by atoms with Crippen LogP contribution in [0.2, 0.25) is 0 Å². The second kappa shape index (κ2) is 13.3. The molecule has 0 fully saturated rings. The SMILES string of the molecule is [2H]c1c([2H])c(-n2c3c([2H])c([2H])c([2H])c([2H])c3c3c([2H])c([2H])c([2H])c([2H])c32)c(-c2nc(-n3c4c([2H])c([2H])c([2H])c([2H])c4c4c([2H])c([2H])c([2H])c([2H])c43)nc(-n3c4c([2H])c([2H])c([2H])c([2H])c4c4c([2H])c([2H])c([2H])c([2H])c43)n2)c(-n2c3c([2H])c([2H])c([2H])c([2H])c3c3c([2H])c([2H])c([2H])c([2H])c32)c1[2H]. The Kier molecular flexibility index (Phi) is 3.17. The molecule has 0 aliphatic rings. The Morgan fingerprint density at radius 1 is 0.250 bits per heavy atom. The zero-order valence-electron chi connectivity index (χ0n) is 66.6. The minimum atomic E-state index is -1.29. The predicted molar refractivity (Wildman–Crippen MR) is 263 cm³/mol. The third-order valence-electron chi connectivity index (χ3n) is 10.6. The summed E-state index contributed by atoms with van der Waals surface area (Å²) in [5.41, 5.74) is -9.81. The Morgan fingerprint density at radius 3 is 0.750 bits per heavy atom. The van der Waals surface area contributed by atoms with Gasteiger partial charge in [0.2, 0.25) is 11.9 Å². The fourth-order valence-corrected chi connectivity index (χ4v) is 8.13. The third-order valence-corrected chi connectivity index (χ3v) is 10.6. The van der Waals surface area contributed by atoms with Crippen molar-refractivity contribution in [2.75, 3.05) is 0 Å². The maximum absolute atomic E-state index is 10.2. The van der Waals surface area contributed by atoms with Crippen LogP contribution in [-0.2, 0) is 0 Å². The van der Waals surface area contributed by atoms with Gasteiger partial charge in [-0.05, 0) is 60.4 Å². The molecular formula is C57H35N7. The van der Waals surface area contributed by atoms with Crippen LogP contribution >= 0.6 is 0 Å². The molecule has 0 spiro atoms. The van der Waals surface area contributed by atoms with Crippen LogP contribution in [0.3, 0.4) is 0 Å². The molecule has 14 rings (SSSR count). The first-order valence-corrected chi connectivity index (χ1v) is 18.8. The van der Waals surface area contributed by atoms with Crippen molar-refractivity contribution in [2.24, 2.45) is 0 Å². The Bertz CT molecular complexity index is 5630. The molecule has 0 radical (unpaired) electrons. The Hall–Kier alpha value is -8.81. The first-order valence-electron chi connectivity index (χ1n) is 36.3. The van der Waals surface area contributed by atoms with Crippen molar-refractivity contribution in [3.05, 3.63) is 211 Å². The molecule has 0 unspecified atom stereocenters. The topological polar surface area (TPSA) is 58.4 Å². The van der Waals surface area contributed by atoms with E-state index >= 15 is 0 Å². The second-order valence-electron chi connectivity index (χ2n) is 13.8. The van der Waals surface area contributed by atoms with Gasteiger partial charge in [0.15, 0.2) is 5.82 Å². The normalized spacial score (nSPS) is 19.7. The molecule has 7 nitrogen and oxygen atoms in total. The molecule has 64 heavy (non-hydrogen) atoms. The lowest BCUT2D eigenvalue weighted by Crippen LogP contribution is -2.12. The van der Waals surface area contributed by atoms with Gasteiger partial charge < -0.3 is 9.13 Å². The number of para-hydroxylation sites is 8. The molecule has 7 heteroatoms. The summed E-state index contributed by atoms with van der Waals surface area (Å²) >= 11 is 0. The van der Waals surface area contributed by atoms with Crippen molar-refractivity contribution in [1.29, 1.82) is 0 Å². The lowest BCUT2D eigenvalue weighted by atomic mass is 10.1. The zero-order chi connectivity index (χ0) is 72.3. The smallest absolute Gasteiger partial charge is 0.240 e. The standard InChI is InChI=1S/C57H35N7/c1-9-26-44-36(18-1)37-19-2-10-27-45(37)61(44)52-34-17-35-53(62-46-28-11-3-20-38(46)39-21-4-12-29-47(39)62)54(52)55-58-56(63-48-30-13-5-22-40(48)41-23-6-14-31-49(41)63)60-57(59-55)64-50-32-15-7-24-42(50)43-25-8-16-33-51(43)64/h1-35H/i1D,2D,3D,4D,5D,6D,7D,8D,9D,10D,11D,12D,13D,14D,15D,16D,17D,18D,19D,20D,21D,22D,23D,24D,25D,26D,27D,28D,29D,30D,31D,32D,33D,34D,35D. The highest BCUT2D eigenvalue weighted by atomic mass is 15.3. The van der Waals surface area contributed by atoms with Crippen LogP contribution in [0.4, 0.5) is 0 Å². The Morgan fingerprint density at radius 2 is 0.484 bits per heavy atom. The summed E-state index contributed by atoms with van der Waals surface area (Å²) in [7, 11) is 0. The van der Waals surface area contributed by atoms with Gasteiger partial charge >= 0.3 is 0 Å². The molecule has 0 amide bonds. The summed E-state index contributed by atoms with van der Waals surface area (Å²) in [4.78, 5) is 14.4. The van der Waals surface area contributed by atoms with Crippen molar-refractivity contribution < 1.29 is 48.0 Å². The average molecular weight is 853 g/mol. The predicted octanol–water partition coefficient (Wildman–Crippen LogP) is 13.9. The summed E-state index contributed by atoms with van der Waals surface area (Å²) in [5, 5.41) is -5.37. The van der Waals surface area contributed by atoms with E-state index in [9.17, 15) is 26.0 Å². The number of aromatic nitrogens is 7. The van der Waals surface area contributed by atoms with Crippen molar-refractivity contribution in [3.8, 4) is 34.7 Å². The van der Waals surface area contributed by atoms with Gasteiger partial charge in [0.1, 0.15) is 0 Å². The molecule has 5 aromatic heterocycles. The highest BCUT2D eigenvalue weighted by Crippen LogP contribution is 2.42. The van der Waals surface area contributed by atoms with Crippen LogP contribution in [-0.4, -0.2) is 33.2 Å². The van der Waals surface area contributed by atoms with Crippen molar-refractivity contribution in [1.82, 2.24) is 33.2 Å². The summed E-state index contributed by atoms with van der Waals surface area (Å²) < 4.78 is 327. The lowest BCUT2D eigenvalue weighted by Gasteiger charge is -2.20. The van der Waals surface area contributed by atoms with Gasteiger partial charge in [-0.2, -0.15) is 15.0 Å². The van der Waals surface area contributed by atoms with E-state index in [2.05, 4.69) is 0 Å². The van der Waals surface area contributed by atoms with Crippen LogP contribution in [0.25, 0.3) is 122 Å². The monoisotopic (exact) mass is 853 g/mol. The minimum absolute atomic E-state index is 0.626. The van der Waals surface area contributed by atoms with Crippen LogP contribution in [0.5, 0.6) is 0 Å². The molecule has 9 aromatic carbocycles. The van der Waals surface area contributed by atoms with Gasteiger partial charge in [-0.1, -0.05) is 151 Å². The van der Waals surface area contributed by atoms with Crippen LogP contribution in [0.1, 0.15) is 48.0 Å². The van der Waals surface area contributed by atoms with E-state index in [1.54, 1.807) is 0 Å². The van der Waals surface area contributed by atoms with E-state index in [4.69, 9.17) is 36.9 Å². The highest BCUT2D eigenvalue weighted by molar-refractivity contribution is 6.13. The highest BCUT2D eigenvalue weighted by Gasteiger charge is 2.26. The molecule has 0 aliphatic carbocycles. The maximum Gasteiger partial charge on any atom is 0.240 e. The van der Waals surface area contributed by atoms with E-state index in [1.165, 1.54) is 0 Å². The van der Waals surface area contributed by atoms with E-state index in [-0.39, 0.29) is 0 Å². The molecule has 0 aliphatic heterocycles. The van der Waals surface area contributed by atoms with Crippen molar-refractivity contribution >= 4 is 87.2 Å². The van der Waals surface area contributed by atoms with Crippen LogP contribution < -0.4 is 0 Å². The first kappa shape index (κ1) is 15.2. The fraction of sp³-hybridized carbons (Fsp3) is 0. The number of hydrogen-bond acceptors (Lipinski definition) is 3. The van der Waals surface area contributed by atoms with Crippen molar-refractivity contribution in [2.45, 2.75) is 0 Å². The molecule has 0 atom stereocenters. The lowest BCUT2D eigenvalue weighted by molar-refractivity contribution is 0.890. The fourth-order valence-electron chi connectivity index (χ4n) is 8.13. The molecule has 298 valence electrons. The molecular weight excluding hydrogens is 783 g/mol. The Balaban J connectivity index is 1.38. The maximum atomic E-state index is 10.2. The second-order valence-corrected chi connectivity index (χ2v) is 13.8. The number of nitrogens with zero attached hydrogens (tertiary/aromatic N) is 7.